The van der Waals surface area contributed by atoms with E-state index in [1.807, 2.05) is 24.3 Å². The molecule has 7 heteroatoms. The lowest BCUT2D eigenvalue weighted by atomic mass is 10.0. The van der Waals surface area contributed by atoms with E-state index in [-0.39, 0.29) is 23.9 Å². The smallest absolute Gasteiger partial charge is 0.336 e. The molecule has 170 valence electrons. The molecule has 0 radical (unpaired) electrons. The second kappa shape index (κ2) is 9.40. The Morgan fingerprint density at radius 2 is 1.76 bits per heavy atom. The van der Waals surface area contributed by atoms with Crippen LogP contribution in [0.25, 0.3) is 22.2 Å². The number of hydrogen-bond donors (Lipinski definition) is 2. The lowest BCUT2D eigenvalue weighted by molar-refractivity contribution is -0.151. The first kappa shape index (κ1) is 22.5. The summed E-state index contributed by atoms with van der Waals surface area (Å²) in [6.07, 6.45) is 3.62. The summed E-state index contributed by atoms with van der Waals surface area (Å²) < 4.78 is 0. The Labute approximate surface area is 191 Å². The number of aliphatic carboxylic acids is 1. The standard InChI is InChI=1S/C26H26N2O5/c1-16(25(30)31)28(24(29)18-6-2-3-7-18)15-17-10-12-22-19(14-17)11-13-23(27-22)20-8-4-5-9-21(20)26(32)33/h4-5,8-14,16,18H,2-3,6-7,15H2,1H3,(H,30,31)(H,32,33)/t16-/m0/s1. The summed E-state index contributed by atoms with van der Waals surface area (Å²) in [7, 11) is 0. The minimum absolute atomic E-state index is 0.0961. The summed E-state index contributed by atoms with van der Waals surface area (Å²) in [6.45, 7) is 1.76. The van der Waals surface area contributed by atoms with Crippen molar-refractivity contribution in [2.24, 2.45) is 5.92 Å². The van der Waals surface area contributed by atoms with E-state index in [1.54, 1.807) is 37.3 Å². The predicted molar refractivity (Wildman–Crippen MR) is 124 cm³/mol. The van der Waals surface area contributed by atoms with Crippen molar-refractivity contribution in [1.82, 2.24) is 9.88 Å². The molecule has 1 atom stereocenters. The molecule has 1 amide bonds. The topological polar surface area (TPSA) is 108 Å². The molecular formula is C26H26N2O5. The first-order chi connectivity index (χ1) is 15.8. The number of carboxylic acids is 2. The summed E-state index contributed by atoms with van der Waals surface area (Å²) >= 11 is 0. The molecule has 0 saturated heterocycles. The maximum Gasteiger partial charge on any atom is 0.336 e. The van der Waals surface area contributed by atoms with E-state index in [4.69, 9.17) is 0 Å². The average molecular weight is 447 g/mol. The molecule has 1 aliphatic rings. The summed E-state index contributed by atoms with van der Waals surface area (Å²) in [6, 6.07) is 15.0. The van der Waals surface area contributed by atoms with Gasteiger partial charge in [-0.15, -0.1) is 0 Å². The Kier molecular flexibility index (Phi) is 6.40. The van der Waals surface area contributed by atoms with Crippen LogP contribution in [0.2, 0.25) is 0 Å². The summed E-state index contributed by atoms with van der Waals surface area (Å²) in [5.74, 6) is -2.24. The van der Waals surface area contributed by atoms with E-state index < -0.39 is 18.0 Å². The van der Waals surface area contributed by atoms with Crippen LogP contribution in [0.5, 0.6) is 0 Å². The Balaban J connectivity index is 1.63. The van der Waals surface area contributed by atoms with Gasteiger partial charge in [-0.2, -0.15) is 0 Å². The van der Waals surface area contributed by atoms with Crippen molar-refractivity contribution in [2.75, 3.05) is 0 Å². The third kappa shape index (κ3) is 4.72. The van der Waals surface area contributed by atoms with Gasteiger partial charge in [0.25, 0.3) is 0 Å². The number of aromatic carboxylic acids is 1. The minimum atomic E-state index is -1.02. The number of carbonyl (C=O) groups excluding carboxylic acids is 1. The number of amides is 1. The van der Waals surface area contributed by atoms with Crippen LogP contribution < -0.4 is 0 Å². The van der Waals surface area contributed by atoms with Gasteiger partial charge in [-0.1, -0.05) is 43.2 Å². The Bertz CT molecular complexity index is 1220. The molecular weight excluding hydrogens is 420 g/mol. The fourth-order valence-corrected chi connectivity index (χ4v) is 4.46. The van der Waals surface area contributed by atoms with Gasteiger partial charge in [-0.05, 0) is 49.6 Å². The zero-order valence-electron chi connectivity index (χ0n) is 18.4. The third-order valence-corrected chi connectivity index (χ3v) is 6.35. The second-order valence-corrected chi connectivity index (χ2v) is 8.54. The summed E-state index contributed by atoms with van der Waals surface area (Å²) in [5.41, 5.74) is 2.80. The molecule has 2 N–H and O–H groups in total. The molecule has 1 saturated carbocycles. The maximum absolute atomic E-state index is 13.1. The highest BCUT2D eigenvalue weighted by Crippen LogP contribution is 2.29. The molecule has 1 heterocycles. The normalized spacial score (nSPS) is 14.8. The van der Waals surface area contributed by atoms with Crippen molar-refractivity contribution in [3.8, 4) is 11.3 Å². The highest BCUT2D eigenvalue weighted by Gasteiger charge is 2.32. The number of fused-ring (bicyclic) bond motifs is 1. The molecule has 2 aromatic carbocycles. The van der Waals surface area contributed by atoms with E-state index in [9.17, 15) is 24.6 Å². The number of pyridine rings is 1. The molecule has 1 fully saturated rings. The number of hydrogen-bond acceptors (Lipinski definition) is 4. The molecule has 0 unspecified atom stereocenters. The van der Waals surface area contributed by atoms with Gasteiger partial charge < -0.3 is 15.1 Å². The van der Waals surface area contributed by atoms with Gasteiger partial charge in [0, 0.05) is 23.4 Å². The van der Waals surface area contributed by atoms with Crippen molar-refractivity contribution >= 4 is 28.7 Å². The second-order valence-electron chi connectivity index (χ2n) is 8.54. The molecule has 0 spiro atoms. The minimum Gasteiger partial charge on any atom is -0.480 e. The molecule has 4 rings (SSSR count). The predicted octanol–water partition coefficient (Wildman–Crippen LogP) is 4.59. The number of rotatable bonds is 7. The Hall–Kier alpha value is -3.74. The maximum atomic E-state index is 13.1. The zero-order valence-corrected chi connectivity index (χ0v) is 18.4. The number of aromatic nitrogens is 1. The number of carbonyl (C=O) groups is 3. The van der Waals surface area contributed by atoms with Gasteiger partial charge in [0.05, 0.1) is 16.8 Å². The zero-order chi connectivity index (χ0) is 23.5. The van der Waals surface area contributed by atoms with Crippen LogP contribution >= 0.6 is 0 Å². The van der Waals surface area contributed by atoms with Crippen LogP contribution in [0.1, 0.15) is 48.5 Å². The van der Waals surface area contributed by atoms with Crippen molar-refractivity contribution in [2.45, 2.75) is 45.2 Å². The van der Waals surface area contributed by atoms with Crippen molar-refractivity contribution in [3.63, 3.8) is 0 Å². The molecule has 1 aliphatic carbocycles. The van der Waals surface area contributed by atoms with Crippen LogP contribution in [0.15, 0.2) is 54.6 Å². The van der Waals surface area contributed by atoms with Crippen molar-refractivity contribution in [1.29, 1.82) is 0 Å². The van der Waals surface area contributed by atoms with E-state index >= 15 is 0 Å². The summed E-state index contributed by atoms with van der Waals surface area (Å²) in [4.78, 5) is 42.4. The highest BCUT2D eigenvalue weighted by molar-refractivity contribution is 5.96. The highest BCUT2D eigenvalue weighted by atomic mass is 16.4. The first-order valence-electron chi connectivity index (χ1n) is 11.1. The van der Waals surface area contributed by atoms with Gasteiger partial charge in [-0.25, -0.2) is 14.6 Å². The Morgan fingerprint density at radius 3 is 2.45 bits per heavy atom. The molecule has 33 heavy (non-hydrogen) atoms. The van der Waals surface area contributed by atoms with Crippen molar-refractivity contribution < 1.29 is 24.6 Å². The van der Waals surface area contributed by atoms with Crippen molar-refractivity contribution in [3.05, 3.63) is 65.7 Å². The lowest BCUT2D eigenvalue weighted by Crippen LogP contribution is -2.45. The number of carboxylic acid groups (broad SMARTS) is 2. The quantitative estimate of drug-likeness (QED) is 0.550. The van der Waals surface area contributed by atoms with Crippen LogP contribution in [0, 0.1) is 5.92 Å². The molecule has 7 nitrogen and oxygen atoms in total. The van der Waals surface area contributed by atoms with Crippen LogP contribution in [0.3, 0.4) is 0 Å². The van der Waals surface area contributed by atoms with Crippen LogP contribution in [-0.4, -0.2) is 44.0 Å². The van der Waals surface area contributed by atoms with Gasteiger partial charge in [0.1, 0.15) is 6.04 Å². The lowest BCUT2D eigenvalue weighted by Gasteiger charge is -2.29. The fraction of sp³-hybridized carbons (Fsp3) is 0.308. The molecule has 1 aromatic heterocycles. The van der Waals surface area contributed by atoms with Gasteiger partial charge in [0.2, 0.25) is 5.91 Å². The third-order valence-electron chi connectivity index (χ3n) is 6.35. The molecule has 3 aromatic rings. The van der Waals surface area contributed by atoms with Gasteiger partial charge in [-0.3, -0.25) is 4.79 Å². The number of nitrogens with zero attached hydrogens (tertiary/aromatic N) is 2. The molecule has 0 aliphatic heterocycles. The van der Waals surface area contributed by atoms with E-state index in [0.717, 1.165) is 36.6 Å². The van der Waals surface area contributed by atoms with E-state index in [1.165, 1.54) is 4.90 Å². The van der Waals surface area contributed by atoms with Crippen LogP contribution in [0.4, 0.5) is 0 Å². The SMILES string of the molecule is C[C@@H](C(=O)O)N(Cc1ccc2nc(-c3ccccc3C(=O)O)ccc2c1)C(=O)C1CCCC1. The van der Waals surface area contributed by atoms with E-state index in [2.05, 4.69) is 4.98 Å². The number of benzene rings is 2. The fourth-order valence-electron chi connectivity index (χ4n) is 4.46. The monoisotopic (exact) mass is 446 g/mol. The van der Waals surface area contributed by atoms with Crippen LogP contribution in [-0.2, 0) is 16.1 Å². The van der Waals surface area contributed by atoms with Gasteiger partial charge >= 0.3 is 11.9 Å². The Morgan fingerprint density at radius 1 is 1.03 bits per heavy atom. The average Bonchev–Trinajstić information content (AvgIpc) is 3.36. The van der Waals surface area contributed by atoms with E-state index in [0.29, 0.717) is 16.8 Å². The summed E-state index contributed by atoms with van der Waals surface area (Å²) in [5, 5.41) is 19.8. The first-order valence-corrected chi connectivity index (χ1v) is 11.1. The largest absolute Gasteiger partial charge is 0.480 e. The van der Waals surface area contributed by atoms with Gasteiger partial charge in [0.15, 0.2) is 0 Å². The molecule has 0 bridgehead atoms.